The van der Waals surface area contributed by atoms with E-state index in [1.54, 1.807) is 0 Å². The number of carbonyl (C=O) groups excluding carboxylic acids is 1. The monoisotopic (exact) mass is 235 g/mol. The first-order valence-corrected chi connectivity index (χ1v) is 5.95. The number of hydrogen-bond donors (Lipinski definition) is 0. The van der Waals surface area contributed by atoms with Crippen LogP contribution < -0.4 is 0 Å². The lowest BCUT2D eigenvalue weighted by atomic mass is 10.2. The van der Waals surface area contributed by atoms with Gasteiger partial charge in [-0.25, -0.2) is 0 Å². The third kappa shape index (κ3) is 1.93. The van der Waals surface area contributed by atoms with Crippen molar-refractivity contribution in [3.8, 4) is 0 Å². The molecule has 0 saturated heterocycles. The Morgan fingerprint density at radius 2 is 1.83 bits per heavy atom. The molecule has 1 aromatic heterocycles. The summed E-state index contributed by atoms with van der Waals surface area (Å²) in [6, 6.07) is 18.2. The summed E-state index contributed by atoms with van der Waals surface area (Å²) in [4.78, 5) is 10.7. The molecule has 0 radical (unpaired) electrons. The topological polar surface area (TPSA) is 22.0 Å². The first-order valence-electron chi connectivity index (χ1n) is 5.95. The van der Waals surface area contributed by atoms with Crippen LogP contribution in [0.1, 0.15) is 15.9 Å². The van der Waals surface area contributed by atoms with Crippen LogP contribution in [0.15, 0.2) is 60.8 Å². The fourth-order valence-corrected chi connectivity index (χ4v) is 2.21. The quantitative estimate of drug-likeness (QED) is 0.637. The SMILES string of the molecule is O=Cc1ccc2c(ccn2Cc2ccccc2)c1. The Morgan fingerprint density at radius 1 is 1.00 bits per heavy atom. The van der Waals surface area contributed by atoms with E-state index in [0.29, 0.717) is 0 Å². The molecule has 0 amide bonds. The molecule has 88 valence electrons. The predicted molar refractivity (Wildman–Crippen MR) is 72.9 cm³/mol. The second-order valence-corrected chi connectivity index (χ2v) is 4.37. The van der Waals surface area contributed by atoms with Gasteiger partial charge in [-0.3, -0.25) is 4.79 Å². The van der Waals surface area contributed by atoms with Gasteiger partial charge in [0.15, 0.2) is 0 Å². The minimum atomic E-state index is 0.722. The molecule has 0 aliphatic heterocycles. The van der Waals surface area contributed by atoms with Gasteiger partial charge in [-0.2, -0.15) is 0 Å². The van der Waals surface area contributed by atoms with Crippen molar-refractivity contribution < 1.29 is 4.79 Å². The Balaban J connectivity index is 2.00. The van der Waals surface area contributed by atoms with Gasteiger partial charge in [0.05, 0.1) is 0 Å². The van der Waals surface area contributed by atoms with Crippen molar-refractivity contribution in [2.24, 2.45) is 0 Å². The van der Waals surface area contributed by atoms with Crippen LogP contribution in [-0.4, -0.2) is 10.9 Å². The maximum Gasteiger partial charge on any atom is 0.150 e. The summed E-state index contributed by atoms with van der Waals surface area (Å²) in [5.74, 6) is 0. The van der Waals surface area contributed by atoms with Crippen molar-refractivity contribution in [1.82, 2.24) is 4.57 Å². The molecular weight excluding hydrogens is 222 g/mol. The Labute approximate surface area is 105 Å². The molecule has 0 N–H and O–H groups in total. The van der Waals surface area contributed by atoms with Crippen LogP contribution in [0.25, 0.3) is 10.9 Å². The molecule has 1 heterocycles. The van der Waals surface area contributed by atoms with Crippen LogP contribution in [0.5, 0.6) is 0 Å². The summed E-state index contributed by atoms with van der Waals surface area (Å²) in [5.41, 5.74) is 3.15. The third-order valence-corrected chi connectivity index (χ3v) is 3.13. The lowest BCUT2D eigenvalue weighted by molar-refractivity contribution is 0.112. The smallest absolute Gasteiger partial charge is 0.150 e. The first kappa shape index (κ1) is 10.8. The van der Waals surface area contributed by atoms with E-state index < -0.39 is 0 Å². The molecule has 2 aromatic carbocycles. The summed E-state index contributed by atoms with van der Waals surface area (Å²) in [6.07, 6.45) is 2.94. The van der Waals surface area contributed by atoms with Gasteiger partial charge in [0.2, 0.25) is 0 Å². The average molecular weight is 235 g/mol. The first-order chi connectivity index (χ1) is 8.86. The van der Waals surface area contributed by atoms with E-state index in [1.165, 1.54) is 5.56 Å². The van der Waals surface area contributed by atoms with Crippen molar-refractivity contribution in [3.05, 3.63) is 71.9 Å². The molecule has 2 heteroatoms. The number of aldehydes is 1. The van der Waals surface area contributed by atoms with Crippen LogP contribution >= 0.6 is 0 Å². The van der Waals surface area contributed by atoms with Crippen molar-refractivity contribution in [2.75, 3.05) is 0 Å². The van der Waals surface area contributed by atoms with E-state index in [0.717, 1.165) is 29.3 Å². The number of carbonyl (C=O) groups is 1. The van der Waals surface area contributed by atoms with Crippen LogP contribution in [0, 0.1) is 0 Å². The highest BCUT2D eigenvalue weighted by atomic mass is 16.1. The molecular formula is C16H13NO. The summed E-state index contributed by atoms with van der Waals surface area (Å²) < 4.78 is 2.19. The summed E-state index contributed by atoms with van der Waals surface area (Å²) in [5, 5.41) is 1.11. The molecule has 0 spiro atoms. The zero-order valence-electron chi connectivity index (χ0n) is 9.91. The fraction of sp³-hybridized carbons (Fsp3) is 0.0625. The van der Waals surface area contributed by atoms with Gasteiger partial charge in [-0.05, 0) is 29.8 Å². The number of nitrogens with zero attached hydrogens (tertiary/aromatic N) is 1. The second kappa shape index (κ2) is 4.49. The van der Waals surface area contributed by atoms with Crippen molar-refractivity contribution in [2.45, 2.75) is 6.54 Å². The normalized spacial score (nSPS) is 10.7. The van der Waals surface area contributed by atoms with Gasteiger partial charge in [0.1, 0.15) is 6.29 Å². The highest BCUT2D eigenvalue weighted by Gasteiger charge is 2.02. The Kier molecular flexibility index (Phi) is 2.69. The summed E-state index contributed by atoms with van der Waals surface area (Å²) >= 11 is 0. The van der Waals surface area contributed by atoms with Gasteiger partial charge < -0.3 is 4.57 Å². The molecule has 18 heavy (non-hydrogen) atoms. The van der Waals surface area contributed by atoms with Crippen LogP contribution in [-0.2, 0) is 6.54 Å². The van der Waals surface area contributed by atoms with E-state index in [1.807, 2.05) is 42.5 Å². The molecule has 0 saturated carbocycles. The molecule has 3 aromatic rings. The average Bonchev–Trinajstić information content (AvgIpc) is 2.82. The molecule has 0 aliphatic carbocycles. The van der Waals surface area contributed by atoms with E-state index in [2.05, 4.69) is 22.9 Å². The fourth-order valence-electron chi connectivity index (χ4n) is 2.21. The predicted octanol–water partition coefficient (Wildman–Crippen LogP) is 3.50. The van der Waals surface area contributed by atoms with E-state index in [-0.39, 0.29) is 0 Å². The number of rotatable bonds is 3. The van der Waals surface area contributed by atoms with Gasteiger partial charge >= 0.3 is 0 Å². The Hall–Kier alpha value is -2.35. The maximum atomic E-state index is 10.7. The van der Waals surface area contributed by atoms with Crippen molar-refractivity contribution in [3.63, 3.8) is 0 Å². The molecule has 0 aliphatic rings. The van der Waals surface area contributed by atoms with Gasteiger partial charge in [0, 0.05) is 29.2 Å². The minimum Gasteiger partial charge on any atom is -0.343 e. The number of benzene rings is 2. The van der Waals surface area contributed by atoms with Crippen LogP contribution in [0.3, 0.4) is 0 Å². The summed E-state index contributed by atoms with van der Waals surface area (Å²) in [6.45, 7) is 0.852. The molecule has 0 unspecified atom stereocenters. The van der Waals surface area contributed by atoms with Crippen molar-refractivity contribution in [1.29, 1.82) is 0 Å². The molecule has 0 fully saturated rings. The van der Waals surface area contributed by atoms with Gasteiger partial charge in [-0.1, -0.05) is 30.3 Å². The Morgan fingerprint density at radius 3 is 2.61 bits per heavy atom. The zero-order valence-corrected chi connectivity index (χ0v) is 9.91. The van der Waals surface area contributed by atoms with Gasteiger partial charge in [-0.15, -0.1) is 0 Å². The van der Waals surface area contributed by atoms with E-state index in [4.69, 9.17) is 0 Å². The maximum absolute atomic E-state index is 10.7. The highest BCUT2D eigenvalue weighted by molar-refractivity contribution is 5.87. The largest absolute Gasteiger partial charge is 0.343 e. The lowest BCUT2D eigenvalue weighted by Gasteiger charge is -2.05. The molecule has 0 atom stereocenters. The second-order valence-electron chi connectivity index (χ2n) is 4.37. The van der Waals surface area contributed by atoms with Crippen LogP contribution in [0.4, 0.5) is 0 Å². The summed E-state index contributed by atoms with van der Waals surface area (Å²) in [7, 11) is 0. The van der Waals surface area contributed by atoms with Crippen LogP contribution in [0.2, 0.25) is 0 Å². The standard InChI is InChI=1S/C16H13NO/c18-12-14-6-7-16-15(10-14)8-9-17(16)11-13-4-2-1-3-5-13/h1-10,12H,11H2. The number of hydrogen-bond acceptors (Lipinski definition) is 1. The minimum absolute atomic E-state index is 0.722. The van der Waals surface area contributed by atoms with Gasteiger partial charge in [0.25, 0.3) is 0 Å². The zero-order chi connectivity index (χ0) is 12.4. The highest BCUT2D eigenvalue weighted by Crippen LogP contribution is 2.18. The molecule has 2 nitrogen and oxygen atoms in total. The Bertz CT molecular complexity index is 683. The van der Waals surface area contributed by atoms with Crippen molar-refractivity contribution >= 4 is 17.2 Å². The number of fused-ring (bicyclic) bond motifs is 1. The van der Waals surface area contributed by atoms with E-state index in [9.17, 15) is 4.79 Å². The third-order valence-electron chi connectivity index (χ3n) is 3.13. The number of aromatic nitrogens is 1. The molecule has 3 rings (SSSR count). The molecule has 0 bridgehead atoms. The lowest BCUT2D eigenvalue weighted by Crippen LogP contribution is -1.97. The van der Waals surface area contributed by atoms with E-state index >= 15 is 0 Å².